The van der Waals surface area contributed by atoms with Crippen LogP contribution >= 0.6 is 0 Å². The lowest BCUT2D eigenvalue weighted by atomic mass is 9.93. The van der Waals surface area contributed by atoms with Crippen molar-refractivity contribution >= 4 is 0 Å². The minimum atomic E-state index is 0.644. The van der Waals surface area contributed by atoms with Crippen molar-refractivity contribution < 1.29 is 4.74 Å². The lowest BCUT2D eigenvalue weighted by Gasteiger charge is -2.29. The number of benzene rings is 1. The van der Waals surface area contributed by atoms with Crippen molar-refractivity contribution in [3.8, 4) is 5.75 Å². The van der Waals surface area contributed by atoms with Crippen molar-refractivity contribution in [2.24, 2.45) is 0 Å². The van der Waals surface area contributed by atoms with Crippen molar-refractivity contribution in [3.63, 3.8) is 0 Å². The van der Waals surface area contributed by atoms with Crippen LogP contribution in [0.25, 0.3) is 0 Å². The summed E-state index contributed by atoms with van der Waals surface area (Å²) < 4.78 is 5.73. The molecule has 1 N–H and O–H groups in total. The third kappa shape index (κ3) is 2.38. The van der Waals surface area contributed by atoms with Gasteiger partial charge in [0, 0.05) is 25.0 Å². The van der Waals surface area contributed by atoms with Gasteiger partial charge in [0.15, 0.2) is 0 Å². The molecule has 1 aromatic rings. The molecule has 98 valence electrons. The second kappa shape index (κ2) is 5.29. The fraction of sp³-hybridized carbons (Fsp3) is 0.600. The first-order valence-electron chi connectivity index (χ1n) is 6.98. The van der Waals surface area contributed by atoms with Gasteiger partial charge in [-0.1, -0.05) is 18.2 Å². The minimum absolute atomic E-state index is 0.644. The van der Waals surface area contributed by atoms with Crippen LogP contribution in [0.4, 0.5) is 0 Å². The standard InChI is InChI=1S/C15H22N2O/c1-16-13-6-8-17(11-13)10-12-7-9-18-15-5-3-2-4-14(12)15/h2-5,12-13,16H,6-11H2,1H3. The average Bonchev–Trinajstić information content (AvgIpc) is 2.87. The zero-order valence-electron chi connectivity index (χ0n) is 11.1. The number of nitrogens with one attached hydrogen (secondary N) is 1. The fourth-order valence-electron chi connectivity index (χ4n) is 3.15. The van der Waals surface area contributed by atoms with E-state index in [1.807, 2.05) is 0 Å². The van der Waals surface area contributed by atoms with Crippen LogP contribution < -0.4 is 10.1 Å². The summed E-state index contributed by atoms with van der Waals surface area (Å²) in [5.74, 6) is 1.74. The molecule has 0 aliphatic carbocycles. The molecule has 18 heavy (non-hydrogen) atoms. The Hall–Kier alpha value is -1.06. The molecule has 0 saturated carbocycles. The Balaban J connectivity index is 1.67. The molecule has 2 atom stereocenters. The zero-order valence-corrected chi connectivity index (χ0v) is 11.1. The minimum Gasteiger partial charge on any atom is -0.493 e. The molecule has 1 aromatic carbocycles. The van der Waals surface area contributed by atoms with Crippen LogP contribution in [0, 0.1) is 0 Å². The second-order valence-corrected chi connectivity index (χ2v) is 5.41. The molecule has 0 amide bonds. The van der Waals surface area contributed by atoms with E-state index in [2.05, 4.69) is 41.5 Å². The number of ether oxygens (including phenoxy) is 1. The summed E-state index contributed by atoms with van der Waals surface area (Å²) in [6.45, 7) is 4.46. The molecule has 2 aliphatic heterocycles. The van der Waals surface area contributed by atoms with E-state index in [0.717, 1.165) is 18.8 Å². The molecule has 0 spiro atoms. The second-order valence-electron chi connectivity index (χ2n) is 5.41. The van der Waals surface area contributed by atoms with E-state index in [0.29, 0.717) is 12.0 Å². The lowest BCUT2D eigenvalue weighted by Crippen LogP contribution is -2.33. The molecule has 1 saturated heterocycles. The van der Waals surface area contributed by atoms with E-state index in [-0.39, 0.29) is 0 Å². The van der Waals surface area contributed by atoms with E-state index < -0.39 is 0 Å². The quantitative estimate of drug-likeness (QED) is 0.881. The van der Waals surface area contributed by atoms with Gasteiger partial charge in [0.25, 0.3) is 0 Å². The Morgan fingerprint density at radius 1 is 1.33 bits per heavy atom. The highest BCUT2D eigenvalue weighted by atomic mass is 16.5. The molecule has 0 aromatic heterocycles. The van der Waals surface area contributed by atoms with Gasteiger partial charge < -0.3 is 15.0 Å². The third-order valence-corrected chi connectivity index (χ3v) is 4.24. The molecule has 1 fully saturated rings. The van der Waals surface area contributed by atoms with Crippen molar-refractivity contribution in [3.05, 3.63) is 29.8 Å². The largest absolute Gasteiger partial charge is 0.493 e. The first-order valence-corrected chi connectivity index (χ1v) is 6.98. The van der Waals surface area contributed by atoms with Gasteiger partial charge in [-0.2, -0.15) is 0 Å². The van der Waals surface area contributed by atoms with Gasteiger partial charge in [-0.15, -0.1) is 0 Å². The van der Waals surface area contributed by atoms with Gasteiger partial charge in [0.1, 0.15) is 5.75 Å². The molecule has 3 rings (SSSR count). The summed E-state index contributed by atoms with van der Waals surface area (Å²) in [5, 5.41) is 3.38. The summed E-state index contributed by atoms with van der Waals surface area (Å²) in [5.41, 5.74) is 1.40. The summed E-state index contributed by atoms with van der Waals surface area (Å²) in [7, 11) is 2.07. The van der Waals surface area contributed by atoms with E-state index in [4.69, 9.17) is 4.74 Å². The maximum absolute atomic E-state index is 5.73. The molecule has 3 heteroatoms. The van der Waals surface area contributed by atoms with Crippen molar-refractivity contribution in [1.82, 2.24) is 10.2 Å². The van der Waals surface area contributed by atoms with Gasteiger partial charge in [-0.3, -0.25) is 0 Å². The average molecular weight is 246 g/mol. The van der Waals surface area contributed by atoms with Gasteiger partial charge in [0.2, 0.25) is 0 Å². The first kappa shape index (κ1) is 12.0. The predicted octanol–water partition coefficient (Wildman–Crippen LogP) is 1.85. The highest BCUT2D eigenvalue weighted by molar-refractivity contribution is 5.37. The van der Waals surface area contributed by atoms with E-state index in [9.17, 15) is 0 Å². The number of rotatable bonds is 3. The van der Waals surface area contributed by atoms with E-state index in [1.165, 1.54) is 31.6 Å². The van der Waals surface area contributed by atoms with E-state index in [1.54, 1.807) is 0 Å². The number of hydrogen-bond acceptors (Lipinski definition) is 3. The van der Waals surface area contributed by atoms with Crippen LogP contribution in [0.2, 0.25) is 0 Å². The molecule has 0 radical (unpaired) electrons. The number of likely N-dealkylation sites (N-methyl/N-ethyl adjacent to an activating group) is 1. The van der Waals surface area contributed by atoms with Crippen LogP contribution in [0.1, 0.15) is 24.3 Å². The Labute approximate surface area is 109 Å². The summed E-state index contributed by atoms with van der Waals surface area (Å²) in [6.07, 6.45) is 2.43. The molecular weight excluding hydrogens is 224 g/mol. The Morgan fingerprint density at radius 3 is 3.06 bits per heavy atom. The topological polar surface area (TPSA) is 24.5 Å². The van der Waals surface area contributed by atoms with E-state index >= 15 is 0 Å². The van der Waals surface area contributed by atoms with Gasteiger partial charge in [-0.25, -0.2) is 0 Å². The Morgan fingerprint density at radius 2 is 2.22 bits per heavy atom. The van der Waals surface area contributed by atoms with Crippen LogP contribution in [0.15, 0.2) is 24.3 Å². The Kier molecular flexibility index (Phi) is 3.52. The number of hydrogen-bond donors (Lipinski definition) is 1. The van der Waals surface area contributed by atoms with Crippen LogP contribution in [0.3, 0.4) is 0 Å². The highest BCUT2D eigenvalue weighted by Gasteiger charge is 2.27. The normalized spacial score (nSPS) is 27.8. The molecule has 2 aliphatic rings. The molecule has 3 nitrogen and oxygen atoms in total. The van der Waals surface area contributed by atoms with Crippen LogP contribution in [-0.4, -0.2) is 44.2 Å². The maximum Gasteiger partial charge on any atom is 0.122 e. The first-order chi connectivity index (χ1) is 8.86. The van der Waals surface area contributed by atoms with Crippen molar-refractivity contribution in [2.75, 3.05) is 33.3 Å². The van der Waals surface area contributed by atoms with Crippen LogP contribution in [-0.2, 0) is 0 Å². The highest BCUT2D eigenvalue weighted by Crippen LogP contribution is 2.34. The maximum atomic E-state index is 5.73. The third-order valence-electron chi connectivity index (χ3n) is 4.24. The van der Waals surface area contributed by atoms with Crippen LogP contribution in [0.5, 0.6) is 5.75 Å². The summed E-state index contributed by atoms with van der Waals surface area (Å²) >= 11 is 0. The smallest absolute Gasteiger partial charge is 0.122 e. The predicted molar refractivity (Wildman–Crippen MR) is 73.2 cm³/mol. The van der Waals surface area contributed by atoms with Crippen molar-refractivity contribution in [1.29, 1.82) is 0 Å². The van der Waals surface area contributed by atoms with Crippen molar-refractivity contribution in [2.45, 2.75) is 24.8 Å². The lowest BCUT2D eigenvalue weighted by molar-refractivity contribution is 0.230. The monoisotopic (exact) mass is 246 g/mol. The SMILES string of the molecule is CNC1CCN(CC2CCOc3ccccc32)C1. The summed E-state index contributed by atoms with van der Waals surface area (Å²) in [4.78, 5) is 2.59. The number of fused-ring (bicyclic) bond motifs is 1. The summed E-state index contributed by atoms with van der Waals surface area (Å²) in [6, 6.07) is 9.20. The van der Waals surface area contributed by atoms with Gasteiger partial charge >= 0.3 is 0 Å². The Bertz CT molecular complexity index is 407. The molecule has 2 heterocycles. The molecular formula is C15H22N2O. The number of nitrogens with zero attached hydrogens (tertiary/aromatic N) is 1. The fourth-order valence-corrected chi connectivity index (χ4v) is 3.15. The van der Waals surface area contributed by atoms with Gasteiger partial charge in [0.05, 0.1) is 6.61 Å². The molecule has 0 bridgehead atoms. The van der Waals surface area contributed by atoms with Gasteiger partial charge in [-0.05, 0) is 38.1 Å². The molecule has 2 unspecified atom stereocenters. The zero-order chi connectivity index (χ0) is 12.4. The number of likely N-dealkylation sites (tertiary alicyclic amines) is 1. The number of para-hydroxylation sites is 1.